The zero-order chi connectivity index (χ0) is 21.0. The van der Waals surface area contributed by atoms with Crippen molar-refractivity contribution >= 4 is 17.6 Å². The Bertz CT molecular complexity index is 1070. The van der Waals surface area contributed by atoms with Gasteiger partial charge in [-0.3, -0.25) is 4.79 Å². The number of rotatable bonds is 6. The van der Waals surface area contributed by atoms with Crippen molar-refractivity contribution in [2.45, 2.75) is 19.9 Å². The summed E-state index contributed by atoms with van der Waals surface area (Å²) in [5.41, 5.74) is 2.24. The maximum atomic E-state index is 13.7. The van der Waals surface area contributed by atoms with Crippen LogP contribution in [-0.4, -0.2) is 17.0 Å². The third-order valence-electron chi connectivity index (χ3n) is 4.59. The number of nitrogens with zero attached hydrogens (tertiary/aromatic N) is 1. The van der Waals surface area contributed by atoms with Crippen LogP contribution in [0.25, 0.3) is 0 Å². The van der Waals surface area contributed by atoms with Crippen LogP contribution in [0.5, 0.6) is 0 Å². The molecule has 0 fully saturated rings. The number of carboxylic acids is 1. The molecule has 4 nitrogen and oxygen atoms in total. The van der Waals surface area contributed by atoms with E-state index in [1.807, 2.05) is 19.1 Å². The van der Waals surface area contributed by atoms with Gasteiger partial charge in [-0.05, 0) is 53.9 Å². The van der Waals surface area contributed by atoms with Crippen molar-refractivity contribution in [1.82, 2.24) is 0 Å². The van der Waals surface area contributed by atoms with Crippen LogP contribution >= 0.6 is 0 Å². The van der Waals surface area contributed by atoms with E-state index in [2.05, 4.69) is 0 Å². The number of halogens is 2. The summed E-state index contributed by atoms with van der Waals surface area (Å²) in [5, 5.41) is 9.23. The molecule has 0 aliphatic heterocycles. The molecule has 3 aromatic carbocycles. The van der Waals surface area contributed by atoms with E-state index >= 15 is 0 Å². The summed E-state index contributed by atoms with van der Waals surface area (Å²) in [7, 11) is 0. The molecule has 1 amide bonds. The predicted molar refractivity (Wildman–Crippen MR) is 106 cm³/mol. The molecule has 0 aromatic heterocycles. The lowest BCUT2D eigenvalue weighted by Crippen LogP contribution is -2.31. The van der Waals surface area contributed by atoms with E-state index in [1.54, 1.807) is 24.3 Å². The molecule has 0 aliphatic rings. The molecule has 0 radical (unpaired) electrons. The topological polar surface area (TPSA) is 57.6 Å². The molecule has 3 rings (SSSR count). The van der Waals surface area contributed by atoms with Gasteiger partial charge in [-0.15, -0.1) is 0 Å². The van der Waals surface area contributed by atoms with Gasteiger partial charge in [0, 0.05) is 11.3 Å². The van der Waals surface area contributed by atoms with Crippen LogP contribution in [0.3, 0.4) is 0 Å². The first-order valence-electron chi connectivity index (χ1n) is 9.07. The highest BCUT2D eigenvalue weighted by molar-refractivity contribution is 6.06. The van der Waals surface area contributed by atoms with Crippen molar-refractivity contribution in [2.24, 2.45) is 0 Å². The molecule has 0 heterocycles. The number of hydrogen-bond donors (Lipinski definition) is 1. The molecule has 3 aromatic rings. The van der Waals surface area contributed by atoms with Gasteiger partial charge in [0.15, 0.2) is 11.6 Å². The van der Waals surface area contributed by atoms with Crippen LogP contribution in [-0.2, 0) is 13.0 Å². The number of carboxylic acid groups (broad SMARTS) is 1. The Morgan fingerprint density at radius 2 is 1.66 bits per heavy atom. The van der Waals surface area contributed by atoms with Gasteiger partial charge >= 0.3 is 5.97 Å². The zero-order valence-corrected chi connectivity index (χ0v) is 15.7. The molecule has 0 atom stereocenters. The van der Waals surface area contributed by atoms with E-state index < -0.39 is 23.5 Å². The SMILES string of the molecule is CCc1ccccc1N(Cc1cccc(C(=O)O)c1)C(=O)c1ccc(F)c(F)c1. The van der Waals surface area contributed by atoms with E-state index in [1.165, 1.54) is 23.1 Å². The lowest BCUT2D eigenvalue weighted by molar-refractivity contribution is 0.0696. The van der Waals surface area contributed by atoms with Gasteiger partial charge < -0.3 is 10.0 Å². The second-order valence-electron chi connectivity index (χ2n) is 6.51. The molecule has 0 spiro atoms. The monoisotopic (exact) mass is 395 g/mol. The van der Waals surface area contributed by atoms with Crippen LogP contribution in [0.1, 0.15) is 38.8 Å². The first-order valence-corrected chi connectivity index (χ1v) is 9.07. The van der Waals surface area contributed by atoms with Crippen molar-refractivity contribution in [1.29, 1.82) is 0 Å². The number of hydrogen-bond acceptors (Lipinski definition) is 2. The number of benzene rings is 3. The van der Waals surface area contributed by atoms with Gasteiger partial charge in [0.05, 0.1) is 12.1 Å². The molecule has 29 heavy (non-hydrogen) atoms. The minimum absolute atomic E-state index is 0.00388. The van der Waals surface area contributed by atoms with Gasteiger partial charge in [0.1, 0.15) is 0 Å². The summed E-state index contributed by atoms with van der Waals surface area (Å²) >= 11 is 0. The highest BCUT2D eigenvalue weighted by Crippen LogP contribution is 2.26. The summed E-state index contributed by atoms with van der Waals surface area (Å²) in [6.07, 6.45) is 0.660. The fraction of sp³-hybridized carbons (Fsp3) is 0.130. The van der Waals surface area contributed by atoms with Crippen molar-refractivity contribution in [3.05, 3.63) is 101 Å². The number of aromatic carboxylic acids is 1. The summed E-state index contributed by atoms with van der Waals surface area (Å²) in [5.74, 6) is -3.71. The third kappa shape index (κ3) is 4.48. The molecular formula is C23H19F2NO3. The zero-order valence-electron chi connectivity index (χ0n) is 15.7. The van der Waals surface area contributed by atoms with E-state index in [0.29, 0.717) is 17.7 Å². The van der Waals surface area contributed by atoms with Gasteiger partial charge in [-0.2, -0.15) is 0 Å². The van der Waals surface area contributed by atoms with E-state index in [-0.39, 0.29) is 17.7 Å². The van der Waals surface area contributed by atoms with Crippen molar-refractivity contribution < 1.29 is 23.5 Å². The predicted octanol–water partition coefficient (Wildman–Crippen LogP) is 5.07. The minimum atomic E-state index is -1.10. The first kappa shape index (κ1) is 20.2. The van der Waals surface area contributed by atoms with Crippen LogP contribution in [0, 0.1) is 11.6 Å². The Balaban J connectivity index is 2.06. The van der Waals surface area contributed by atoms with Crippen molar-refractivity contribution in [3.63, 3.8) is 0 Å². The quantitative estimate of drug-likeness (QED) is 0.634. The minimum Gasteiger partial charge on any atom is -0.478 e. The van der Waals surface area contributed by atoms with Gasteiger partial charge in [0.25, 0.3) is 5.91 Å². The number of anilines is 1. The summed E-state index contributed by atoms with van der Waals surface area (Å²) < 4.78 is 27.0. The Morgan fingerprint density at radius 1 is 0.897 bits per heavy atom. The van der Waals surface area contributed by atoms with Crippen LogP contribution in [0.4, 0.5) is 14.5 Å². The van der Waals surface area contributed by atoms with Gasteiger partial charge in [0.2, 0.25) is 0 Å². The Hall–Kier alpha value is -3.54. The summed E-state index contributed by atoms with van der Waals surface area (Å²) in [4.78, 5) is 25.9. The second kappa shape index (κ2) is 8.65. The molecule has 0 bridgehead atoms. The number of carbonyl (C=O) groups excluding carboxylic acids is 1. The second-order valence-corrected chi connectivity index (χ2v) is 6.51. The number of carbonyl (C=O) groups is 2. The van der Waals surface area contributed by atoms with Crippen LogP contribution in [0.2, 0.25) is 0 Å². The van der Waals surface area contributed by atoms with E-state index in [0.717, 1.165) is 17.7 Å². The maximum absolute atomic E-state index is 13.7. The Labute approximate surface area is 167 Å². The number of para-hydroxylation sites is 1. The molecular weight excluding hydrogens is 376 g/mol. The summed E-state index contributed by atoms with van der Waals surface area (Å²) in [6, 6.07) is 16.6. The lowest BCUT2D eigenvalue weighted by Gasteiger charge is -2.25. The first-order chi connectivity index (χ1) is 13.9. The fourth-order valence-electron chi connectivity index (χ4n) is 3.11. The molecule has 6 heteroatoms. The lowest BCUT2D eigenvalue weighted by atomic mass is 10.1. The normalized spacial score (nSPS) is 10.6. The fourth-order valence-corrected chi connectivity index (χ4v) is 3.11. The van der Waals surface area contributed by atoms with E-state index in [9.17, 15) is 23.5 Å². The maximum Gasteiger partial charge on any atom is 0.335 e. The summed E-state index contributed by atoms with van der Waals surface area (Å²) in [6.45, 7) is 2.03. The smallest absolute Gasteiger partial charge is 0.335 e. The standard InChI is InChI=1S/C23H19F2NO3/c1-2-16-7-3-4-9-21(16)26(14-15-6-5-8-18(12-15)23(28)29)22(27)17-10-11-19(24)20(25)13-17/h3-13H,2,14H2,1H3,(H,28,29). The van der Waals surface area contributed by atoms with Gasteiger partial charge in [-0.25, -0.2) is 13.6 Å². The molecule has 0 saturated heterocycles. The number of aryl methyl sites for hydroxylation is 1. The third-order valence-corrected chi connectivity index (χ3v) is 4.59. The highest BCUT2D eigenvalue weighted by atomic mass is 19.2. The molecule has 0 unspecified atom stereocenters. The van der Waals surface area contributed by atoms with Crippen LogP contribution < -0.4 is 4.90 Å². The Kier molecular flexibility index (Phi) is 6.02. The average molecular weight is 395 g/mol. The van der Waals surface area contributed by atoms with E-state index in [4.69, 9.17) is 0 Å². The molecule has 1 N–H and O–H groups in total. The highest BCUT2D eigenvalue weighted by Gasteiger charge is 2.22. The van der Waals surface area contributed by atoms with Gasteiger partial charge in [-0.1, -0.05) is 37.3 Å². The molecule has 148 valence electrons. The largest absolute Gasteiger partial charge is 0.478 e. The van der Waals surface area contributed by atoms with Crippen molar-refractivity contribution in [3.8, 4) is 0 Å². The average Bonchev–Trinajstić information content (AvgIpc) is 2.73. The number of amides is 1. The molecule has 0 aliphatic carbocycles. The molecule has 0 saturated carbocycles. The van der Waals surface area contributed by atoms with Crippen molar-refractivity contribution in [2.75, 3.05) is 4.90 Å². The Morgan fingerprint density at radius 3 is 2.34 bits per heavy atom. The van der Waals surface area contributed by atoms with Crippen LogP contribution in [0.15, 0.2) is 66.7 Å².